The van der Waals surface area contributed by atoms with E-state index in [4.69, 9.17) is 4.42 Å². The van der Waals surface area contributed by atoms with Crippen molar-refractivity contribution in [1.29, 1.82) is 0 Å². The maximum atomic E-state index is 12.5. The van der Waals surface area contributed by atoms with E-state index in [1.807, 2.05) is 65.5 Å². The SMILES string of the molecule is CCc1n(Cc2cc3ccccc3o2)cc[n+]1CC(=O)c1ccccc1.[Br-]. The van der Waals surface area contributed by atoms with Crippen LogP contribution in [0.4, 0.5) is 0 Å². The van der Waals surface area contributed by atoms with Crippen molar-refractivity contribution in [1.82, 2.24) is 4.57 Å². The van der Waals surface area contributed by atoms with E-state index in [1.165, 1.54) is 0 Å². The van der Waals surface area contributed by atoms with Crippen molar-refractivity contribution < 1.29 is 30.8 Å². The van der Waals surface area contributed by atoms with E-state index in [0.29, 0.717) is 13.1 Å². The molecule has 0 aliphatic rings. The largest absolute Gasteiger partial charge is 1.00 e. The van der Waals surface area contributed by atoms with Gasteiger partial charge in [-0.25, -0.2) is 9.13 Å². The molecular formula is C22H21BrN2O2. The van der Waals surface area contributed by atoms with Crippen LogP contribution in [-0.2, 0) is 19.5 Å². The van der Waals surface area contributed by atoms with E-state index in [0.717, 1.165) is 34.5 Å². The molecule has 0 aliphatic heterocycles. The molecule has 0 saturated carbocycles. The average molecular weight is 425 g/mol. The number of halogens is 1. The number of ketones is 1. The van der Waals surface area contributed by atoms with Crippen molar-refractivity contribution in [3.63, 3.8) is 0 Å². The van der Waals surface area contributed by atoms with Crippen LogP contribution in [0.15, 0.2) is 77.5 Å². The third-order valence-electron chi connectivity index (χ3n) is 4.62. The highest BCUT2D eigenvalue weighted by molar-refractivity contribution is 5.94. The summed E-state index contributed by atoms with van der Waals surface area (Å²) in [6.07, 6.45) is 4.84. The van der Waals surface area contributed by atoms with E-state index in [1.54, 1.807) is 0 Å². The van der Waals surface area contributed by atoms with Crippen LogP contribution >= 0.6 is 0 Å². The molecule has 0 amide bonds. The van der Waals surface area contributed by atoms with E-state index >= 15 is 0 Å². The Morgan fingerprint density at radius 2 is 1.81 bits per heavy atom. The third-order valence-corrected chi connectivity index (χ3v) is 4.62. The summed E-state index contributed by atoms with van der Waals surface area (Å²) in [6.45, 7) is 3.11. The molecule has 5 heteroatoms. The van der Waals surface area contributed by atoms with Crippen LogP contribution in [0.2, 0.25) is 0 Å². The van der Waals surface area contributed by atoms with E-state index in [-0.39, 0.29) is 22.8 Å². The van der Waals surface area contributed by atoms with Crippen molar-refractivity contribution in [2.75, 3.05) is 0 Å². The van der Waals surface area contributed by atoms with Crippen LogP contribution in [0.3, 0.4) is 0 Å². The predicted molar refractivity (Wildman–Crippen MR) is 100 cm³/mol. The summed E-state index contributed by atoms with van der Waals surface area (Å²) in [5.74, 6) is 2.14. The molecular weight excluding hydrogens is 404 g/mol. The van der Waals surface area contributed by atoms with Crippen LogP contribution in [0.5, 0.6) is 0 Å². The van der Waals surface area contributed by atoms with Gasteiger partial charge in [-0.1, -0.05) is 55.5 Å². The highest BCUT2D eigenvalue weighted by atomic mass is 79.9. The summed E-state index contributed by atoms with van der Waals surface area (Å²) in [5.41, 5.74) is 1.65. The average Bonchev–Trinajstić information content (AvgIpc) is 3.25. The number of hydrogen-bond donors (Lipinski definition) is 0. The first-order chi connectivity index (χ1) is 12.7. The molecule has 0 aliphatic carbocycles. The van der Waals surface area contributed by atoms with E-state index < -0.39 is 0 Å². The Kier molecular flexibility index (Phi) is 5.91. The molecule has 2 aromatic heterocycles. The summed E-state index contributed by atoms with van der Waals surface area (Å²) < 4.78 is 10.1. The van der Waals surface area contributed by atoms with Gasteiger partial charge in [-0.05, 0) is 12.1 Å². The van der Waals surface area contributed by atoms with Crippen molar-refractivity contribution in [2.45, 2.75) is 26.4 Å². The highest BCUT2D eigenvalue weighted by Gasteiger charge is 2.20. The Balaban J connectivity index is 0.00000210. The van der Waals surface area contributed by atoms with Gasteiger partial charge in [-0.15, -0.1) is 0 Å². The highest BCUT2D eigenvalue weighted by Crippen LogP contribution is 2.19. The fourth-order valence-electron chi connectivity index (χ4n) is 3.34. The molecule has 0 spiro atoms. The Labute approximate surface area is 168 Å². The van der Waals surface area contributed by atoms with Gasteiger partial charge in [0, 0.05) is 17.4 Å². The second kappa shape index (κ2) is 8.35. The summed E-state index contributed by atoms with van der Waals surface area (Å²) in [5, 5.41) is 1.11. The molecule has 0 saturated heterocycles. The Bertz CT molecular complexity index is 1020. The lowest BCUT2D eigenvalue weighted by molar-refractivity contribution is -0.690. The number of rotatable bonds is 6. The predicted octanol–water partition coefficient (Wildman–Crippen LogP) is 1.02. The lowest BCUT2D eigenvalue weighted by atomic mass is 10.1. The quantitative estimate of drug-likeness (QED) is 0.342. The number of fused-ring (bicyclic) bond motifs is 1. The molecule has 27 heavy (non-hydrogen) atoms. The van der Waals surface area contributed by atoms with Crippen LogP contribution in [0.1, 0.15) is 28.9 Å². The zero-order valence-corrected chi connectivity index (χ0v) is 16.7. The first-order valence-electron chi connectivity index (χ1n) is 8.87. The first-order valence-corrected chi connectivity index (χ1v) is 8.87. The topological polar surface area (TPSA) is 39.0 Å². The summed E-state index contributed by atoms with van der Waals surface area (Å²) in [6, 6.07) is 19.5. The lowest BCUT2D eigenvalue weighted by Gasteiger charge is -2.03. The molecule has 4 rings (SSSR count). The third kappa shape index (κ3) is 4.03. The lowest BCUT2D eigenvalue weighted by Crippen LogP contribution is -3.00. The Hall–Kier alpha value is -2.66. The van der Waals surface area contributed by atoms with E-state index in [2.05, 4.69) is 23.6 Å². The molecule has 0 N–H and O–H groups in total. The number of Topliss-reactive ketones (excluding diaryl/α,β-unsaturated/α-hetero) is 1. The van der Waals surface area contributed by atoms with Gasteiger partial charge in [0.25, 0.3) is 5.82 Å². The van der Waals surface area contributed by atoms with Crippen molar-refractivity contribution in [3.05, 3.63) is 90.2 Å². The van der Waals surface area contributed by atoms with Crippen LogP contribution in [-0.4, -0.2) is 10.4 Å². The van der Waals surface area contributed by atoms with Gasteiger partial charge in [0.2, 0.25) is 5.78 Å². The number of furan rings is 1. The van der Waals surface area contributed by atoms with Gasteiger partial charge >= 0.3 is 0 Å². The summed E-state index contributed by atoms with van der Waals surface area (Å²) in [7, 11) is 0. The standard InChI is InChI=1S/C22H21N2O2.BrH/c1-2-22-23(15-19-14-18-10-6-7-11-21(18)26-19)12-13-24(22)16-20(25)17-8-4-3-5-9-17;/h3-14H,2,15-16H2,1H3;1H/q+1;/p-1. The number of benzene rings is 2. The molecule has 138 valence electrons. The van der Waals surface area contributed by atoms with Gasteiger partial charge in [0.05, 0.1) is 0 Å². The number of nitrogens with zero attached hydrogens (tertiary/aromatic N) is 2. The van der Waals surface area contributed by atoms with Gasteiger partial charge in [0.15, 0.2) is 6.54 Å². The number of carbonyl (C=O) groups excluding carboxylic acids is 1. The fourth-order valence-corrected chi connectivity index (χ4v) is 3.34. The number of imidazole rings is 1. The molecule has 2 heterocycles. The molecule has 2 aromatic carbocycles. The van der Waals surface area contributed by atoms with Crippen molar-refractivity contribution >= 4 is 16.8 Å². The van der Waals surface area contributed by atoms with Gasteiger partial charge < -0.3 is 21.4 Å². The molecule has 0 atom stereocenters. The second-order valence-corrected chi connectivity index (χ2v) is 6.36. The summed E-state index contributed by atoms with van der Waals surface area (Å²) >= 11 is 0. The zero-order chi connectivity index (χ0) is 17.9. The number of carbonyl (C=O) groups is 1. The Morgan fingerprint density at radius 3 is 2.56 bits per heavy atom. The number of aromatic nitrogens is 2. The molecule has 0 unspecified atom stereocenters. The maximum absolute atomic E-state index is 12.5. The molecule has 0 radical (unpaired) electrons. The summed E-state index contributed by atoms with van der Waals surface area (Å²) in [4.78, 5) is 12.5. The monoisotopic (exact) mass is 424 g/mol. The van der Waals surface area contributed by atoms with Crippen molar-refractivity contribution in [2.24, 2.45) is 0 Å². The Morgan fingerprint density at radius 1 is 1.07 bits per heavy atom. The van der Waals surface area contributed by atoms with Crippen LogP contribution < -0.4 is 21.5 Å². The number of para-hydroxylation sites is 1. The van der Waals surface area contributed by atoms with Gasteiger partial charge in [0.1, 0.15) is 30.3 Å². The second-order valence-electron chi connectivity index (χ2n) is 6.36. The van der Waals surface area contributed by atoms with Gasteiger partial charge in [-0.3, -0.25) is 4.79 Å². The minimum absolute atomic E-state index is 0. The fraction of sp³-hybridized carbons (Fsp3) is 0.182. The first kappa shape index (κ1) is 19.1. The molecule has 0 bridgehead atoms. The number of hydrogen-bond acceptors (Lipinski definition) is 2. The minimum atomic E-state index is 0. The smallest absolute Gasteiger partial charge is 0.256 e. The molecule has 4 aromatic rings. The van der Waals surface area contributed by atoms with Crippen molar-refractivity contribution in [3.8, 4) is 0 Å². The zero-order valence-electron chi connectivity index (χ0n) is 15.1. The maximum Gasteiger partial charge on any atom is 0.256 e. The minimum Gasteiger partial charge on any atom is -1.00 e. The van der Waals surface area contributed by atoms with E-state index in [9.17, 15) is 4.79 Å². The van der Waals surface area contributed by atoms with Crippen LogP contribution in [0.25, 0.3) is 11.0 Å². The molecule has 0 fully saturated rings. The van der Waals surface area contributed by atoms with Gasteiger partial charge in [-0.2, -0.15) is 0 Å². The van der Waals surface area contributed by atoms with Crippen LogP contribution in [0, 0.1) is 0 Å². The normalized spacial score (nSPS) is 10.7. The molecule has 4 nitrogen and oxygen atoms in total.